The molecule has 2 saturated heterocycles. The Hall–Kier alpha value is -3.14. The van der Waals surface area contributed by atoms with Gasteiger partial charge in [0.1, 0.15) is 23.9 Å². The predicted molar refractivity (Wildman–Crippen MR) is 128 cm³/mol. The fraction of sp³-hybridized carbons (Fsp3) is 0.600. The van der Waals surface area contributed by atoms with E-state index in [0.29, 0.717) is 45.2 Å². The maximum Gasteiger partial charge on any atom is 0.326 e. The second kappa shape index (κ2) is 11.5. The molecular weight excluding hydrogens is 452 g/mol. The number of amides is 3. The van der Waals surface area contributed by atoms with Gasteiger partial charge < -0.3 is 31.1 Å². The number of hydrogen-bond donors (Lipinski definition) is 4. The summed E-state index contributed by atoms with van der Waals surface area (Å²) in [5.74, 6) is -2.25. The summed E-state index contributed by atoms with van der Waals surface area (Å²) in [7, 11) is 0. The zero-order valence-corrected chi connectivity index (χ0v) is 20.4. The summed E-state index contributed by atoms with van der Waals surface area (Å²) < 4.78 is 0. The van der Waals surface area contributed by atoms with Gasteiger partial charge in [-0.2, -0.15) is 0 Å². The Balaban J connectivity index is 1.71. The van der Waals surface area contributed by atoms with Gasteiger partial charge in [0.05, 0.1) is 6.04 Å². The van der Waals surface area contributed by atoms with Crippen molar-refractivity contribution in [2.45, 2.75) is 76.5 Å². The summed E-state index contributed by atoms with van der Waals surface area (Å²) in [4.78, 5) is 54.2. The van der Waals surface area contributed by atoms with E-state index in [1.807, 2.05) is 13.8 Å². The summed E-state index contributed by atoms with van der Waals surface area (Å²) in [6, 6.07) is 3.08. The van der Waals surface area contributed by atoms with Crippen LogP contribution in [0.2, 0.25) is 0 Å². The highest BCUT2D eigenvalue weighted by Crippen LogP contribution is 2.26. The van der Waals surface area contributed by atoms with Crippen LogP contribution in [0.25, 0.3) is 0 Å². The van der Waals surface area contributed by atoms with Crippen molar-refractivity contribution in [3.05, 3.63) is 29.8 Å². The number of likely N-dealkylation sites (tertiary alicyclic amines) is 2. The standard InChI is InChI=1S/C25H36N4O6/c1-3-15(2)21(27-22(31)18(26)14-16-8-10-17(30)11-9-16)24(33)28-12-4-6-19(28)23(32)29-13-5-7-20(29)25(34)35/h8-11,15,18-21,30H,3-7,12-14,26H2,1-2H3,(H,27,31)(H,34,35). The number of nitrogens with one attached hydrogen (secondary N) is 1. The van der Waals surface area contributed by atoms with E-state index < -0.39 is 36.0 Å². The second-order valence-corrected chi connectivity index (χ2v) is 9.57. The normalized spacial score (nSPS) is 22.5. The molecule has 3 rings (SSSR count). The third-order valence-electron chi connectivity index (χ3n) is 7.15. The molecule has 2 heterocycles. The highest BCUT2D eigenvalue weighted by atomic mass is 16.4. The van der Waals surface area contributed by atoms with Crippen molar-refractivity contribution in [3.8, 4) is 5.75 Å². The molecule has 5 unspecified atom stereocenters. The topological polar surface area (TPSA) is 153 Å². The second-order valence-electron chi connectivity index (χ2n) is 9.57. The third-order valence-corrected chi connectivity index (χ3v) is 7.15. The molecule has 2 aliphatic rings. The Bertz CT molecular complexity index is 936. The summed E-state index contributed by atoms with van der Waals surface area (Å²) in [5.41, 5.74) is 6.90. The van der Waals surface area contributed by atoms with Crippen molar-refractivity contribution in [2.24, 2.45) is 11.7 Å². The molecule has 0 aliphatic carbocycles. The molecule has 35 heavy (non-hydrogen) atoms. The first-order chi connectivity index (χ1) is 16.6. The number of carboxylic acids is 1. The van der Waals surface area contributed by atoms with Crippen molar-refractivity contribution < 1.29 is 29.4 Å². The lowest BCUT2D eigenvalue weighted by Gasteiger charge is -2.34. The van der Waals surface area contributed by atoms with E-state index in [4.69, 9.17) is 5.73 Å². The molecule has 0 bridgehead atoms. The first-order valence-corrected chi connectivity index (χ1v) is 12.3. The fourth-order valence-corrected chi connectivity index (χ4v) is 4.87. The van der Waals surface area contributed by atoms with E-state index in [0.717, 1.165) is 5.56 Å². The summed E-state index contributed by atoms with van der Waals surface area (Å²) in [6.45, 7) is 4.53. The minimum absolute atomic E-state index is 0.118. The van der Waals surface area contributed by atoms with E-state index in [1.54, 1.807) is 12.1 Å². The molecule has 192 valence electrons. The van der Waals surface area contributed by atoms with Crippen LogP contribution in [0.3, 0.4) is 0 Å². The minimum Gasteiger partial charge on any atom is -0.508 e. The Morgan fingerprint density at radius 1 is 1.06 bits per heavy atom. The zero-order chi connectivity index (χ0) is 25.7. The number of benzene rings is 1. The van der Waals surface area contributed by atoms with Gasteiger partial charge in [-0.15, -0.1) is 0 Å². The van der Waals surface area contributed by atoms with Crippen LogP contribution >= 0.6 is 0 Å². The van der Waals surface area contributed by atoms with Gasteiger partial charge in [-0.05, 0) is 55.7 Å². The lowest BCUT2D eigenvalue weighted by Crippen LogP contribution is -2.58. The summed E-state index contributed by atoms with van der Waals surface area (Å²) >= 11 is 0. The van der Waals surface area contributed by atoms with E-state index in [2.05, 4.69) is 5.32 Å². The molecule has 1 aromatic rings. The molecule has 0 radical (unpaired) electrons. The fourth-order valence-electron chi connectivity index (χ4n) is 4.87. The summed E-state index contributed by atoms with van der Waals surface area (Å²) in [5, 5.41) is 21.7. The number of phenolic OH excluding ortho intramolecular Hbond substituents is 1. The molecule has 1 aromatic carbocycles. The van der Waals surface area contributed by atoms with Gasteiger partial charge in [0.2, 0.25) is 17.7 Å². The molecule has 10 nitrogen and oxygen atoms in total. The Morgan fingerprint density at radius 3 is 2.26 bits per heavy atom. The molecule has 3 amide bonds. The van der Waals surface area contributed by atoms with Crippen LogP contribution in [0.5, 0.6) is 5.75 Å². The van der Waals surface area contributed by atoms with Gasteiger partial charge in [-0.25, -0.2) is 4.79 Å². The number of carboxylic acid groups (broad SMARTS) is 1. The van der Waals surface area contributed by atoms with Gasteiger partial charge in [0, 0.05) is 13.1 Å². The molecule has 10 heteroatoms. The van der Waals surface area contributed by atoms with Gasteiger partial charge in [0.15, 0.2) is 0 Å². The zero-order valence-electron chi connectivity index (χ0n) is 20.4. The maximum atomic E-state index is 13.6. The van der Waals surface area contributed by atoms with Crippen molar-refractivity contribution in [2.75, 3.05) is 13.1 Å². The lowest BCUT2D eigenvalue weighted by molar-refractivity contribution is -0.152. The van der Waals surface area contributed by atoms with Crippen LogP contribution < -0.4 is 11.1 Å². The van der Waals surface area contributed by atoms with E-state index in [9.17, 15) is 29.4 Å². The number of rotatable bonds is 9. The molecule has 0 saturated carbocycles. The van der Waals surface area contributed by atoms with Crippen LogP contribution in [-0.2, 0) is 25.6 Å². The molecule has 5 atom stereocenters. The lowest BCUT2D eigenvalue weighted by atomic mass is 9.96. The number of aliphatic carboxylic acids is 1. The number of carbonyl (C=O) groups excluding carboxylic acids is 3. The van der Waals surface area contributed by atoms with E-state index in [1.165, 1.54) is 21.9 Å². The molecule has 2 fully saturated rings. The largest absolute Gasteiger partial charge is 0.508 e. The highest BCUT2D eigenvalue weighted by molar-refractivity contribution is 5.95. The number of nitrogens with two attached hydrogens (primary N) is 1. The van der Waals surface area contributed by atoms with E-state index >= 15 is 0 Å². The average molecular weight is 489 g/mol. The number of phenols is 1. The highest BCUT2D eigenvalue weighted by Gasteiger charge is 2.44. The number of nitrogens with zero attached hydrogens (tertiary/aromatic N) is 2. The quantitative estimate of drug-likeness (QED) is 0.402. The average Bonchev–Trinajstić information content (AvgIpc) is 3.52. The Morgan fingerprint density at radius 2 is 1.66 bits per heavy atom. The maximum absolute atomic E-state index is 13.6. The van der Waals surface area contributed by atoms with E-state index in [-0.39, 0.29) is 29.9 Å². The molecular formula is C25H36N4O6. The van der Waals surface area contributed by atoms with Crippen LogP contribution in [0.15, 0.2) is 24.3 Å². The number of carbonyl (C=O) groups is 4. The molecule has 0 spiro atoms. The van der Waals surface area contributed by atoms with Gasteiger partial charge in [-0.3, -0.25) is 14.4 Å². The number of hydrogen-bond acceptors (Lipinski definition) is 6. The Labute approximate surface area is 205 Å². The Kier molecular flexibility index (Phi) is 8.71. The van der Waals surface area contributed by atoms with Crippen LogP contribution in [0.4, 0.5) is 0 Å². The monoisotopic (exact) mass is 488 g/mol. The first-order valence-electron chi connectivity index (χ1n) is 12.3. The predicted octanol–water partition coefficient (Wildman–Crippen LogP) is 0.860. The third kappa shape index (κ3) is 6.11. The molecule has 5 N–H and O–H groups in total. The SMILES string of the molecule is CCC(C)C(NC(=O)C(N)Cc1ccc(O)cc1)C(=O)N1CCCC1C(=O)N1CCCC1C(=O)O. The van der Waals surface area contributed by atoms with Gasteiger partial charge >= 0.3 is 5.97 Å². The molecule has 2 aliphatic heterocycles. The molecule has 0 aromatic heterocycles. The minimum atomic E-state index is -1.03. The van der Waals surface area contributed by atoms with Crippen LogP contribution in [-0.4, -0.2) is 81.0 Å². The van der Waals surface area contributed by atoms with Crippen molar-refractivity contribution in [1.82, 2.24) is 15.1 Å². The van der Waals surface area contributed by atoms with Crippen molar-refractivity contribution in [3.63, 3.8) is 0 Å². The van der Waals surface area contributed by atoms with Crippen molar-refractivity contribution >= 4 is 23.7 Å². The smallest absolute Gasteiger partial charge is 0.326 e. The van der Waals surface area contributed by atoms with Gasteiger partial charge in [0.25, 0.3) is 0 Å². The first kappa shape index (κ1) is 26.5. The van der Waals surface area contributed by atoms with Crippen molar-refractivity contribution in [1.29, 1.82) is 0 Å². The van der Waals surface area contributed by atoms with Gasteiger partial charge in [-0.1, -0.05) is 32.4 Å². The number of aromatic hydroxyl groups is 1. The summed E-state index contributed by atoms with van der Waals surface area (Å²) in [6.07, 6.45) is 3.00. The van der Waals surface area contributed by atoms with Crippen LogP contribution in [0, 0.1) is 5.92 Å². The van der Waals surface area contributed by atoms with Crippen LogP contribution in [0.1, 0.15) is 51.5 Å².